The standard InChI is InChI=1S/C33H35N3O5/c1-4-6-20-41-25-16-15-24(21-26(25)40-5-2)30-28(31(37)29-22(3)34-27-14-10-11-18-35(27)29)32(38)33(39)36(30)19-17-23-12-8-7-9-13-23/h7-16,18,21,30,37H,4-6,17,19-20H2,1-3H3. The van der Waals surface area contributed by atoms with Crippen molar-refractivity contribution in [3.8, 4) is 11.5 Å². The second kappa shape index (κ2) is 12.3. The molecule has 0 aliphatic carbocycles. The summed E-state index contributed by atoms with van der Waals surface area (Å²) in [5, 5.41) is 11.7. The molecule has 2 aromatic carbocycles. The third kappa shape index (κ3) is 5.55. The third-order valence-electron chi connectivity index (χ3n) is 7.29. The van der Waals surface area contributed by atoms with Crippen LogP contribution in [0.5, 0.6) is 11.5 Å². The lowest BCUT2D eigenvalue weighted by Crippen LogP contribution is -2.31. The number of amides is 1. The molecule has 212 valence electrons. The van der Waals surface area contributed by atoms with E-state index in [1.165, 1.54) is 0 Å². The van der Waals surface area contributed by atoms with E-state index in [4.69, 9.17) is 9.47 Å². The lowest BCUT2D eigenvalue weighted by atomic mass is 9.95. The van der Waals surface area contributed by atoms with E-state index >= 15 is 0 Å². The molecular formula is C33H35N3O5. The number of ether oxygens (including phenoxy) is 2. The Balaban J connectivity index is 1.64. The predicted molar refractivity (Wildman–Crippen MR) is 157 cm³/mol. The number of nitrogens with zero attached hydrogens (tertiary/aromatic N) is 3. The summed E-state index contributed by atoms with van der Waals surface area (Å²) >= 11 is 0. The molecule has 1 aliphatic rings. The molecule has 1 amide bonds. The molecule has 3 heterocycles. The number of aliphatic hydroxyl groups is 1. The van der Waals surface area contributed by atoms with E-state index in [-0.39, 0.29) is 11.3 Å². The Morgan fingerprint density at radius 2 is 1.76 bits per heavy atom. The van der Waals surface area contributed by atoms with Crippen molar-refractivity contribution in [3.05, 3.63) is 101 Å². The molecular weight excluding hydrogens is 518 g/mol. The van der Waals surface area contributed by atoms with Gasteiger partial charge in [0.25, 0.3) is 11.7 Å². The van der Waals surface area contributed by atoms with Crippen LogP contribution in [-0.4, -0.2) is 50.8 Å². The van der Waals surface area contributed by atoms with Crippen LogP contribution in [0, 0.1) is 6.92 Å². The van der Waals surface area contributed by atoms with Gasteiger partial charge in [-0.15, -0.1) is 0 Å². The highest BCUT2D eigenvalue weighted by atomic mass is 16.5. The Morgan fingerprint density at radius 1 is 0.976 bits per heavy atom. The average Bonchev–Trinajstić information content (AvgIpc) is 3.45. The second-order valence-corrected chi connectivity index (χ2v) is 10.0. The zero-order chi connectivity index (χ0) is 28.9. The van der Waals surface area contributed by atoms with Gasteiger partial charge in [0.05, 0.1) is 30.5 Å². The molecule has 1 fully saturated rings. The third-order valence-corrected chi connectivity index (χ3v) is 7.29. The largest absolute Gasteiger partial charge is 0.505 e. The molecule has 1 atom stereocenters. The first-order valence-corrected chi connectivity index (χ1v) is 14.1. The molecule has 0 saturated carbocycles. The van der Waals surface area contributed by atoms with Gasteiger partial charge < -0.3 is 19.5 Å². The lowest BCUT2D eigenvalue weighted by molar-refractivity contribution is -0.139. The van der Waals surface area contributed by atoms with Crippen LogP contribution in [0.15, 0.2) is 78.5 Å². The first-order chi connectivity index (χ1) is 19.9. The van der Waals surface area contributed by atoms with Crippen LogP contribution in [0.1, 0.15) is 55.2 Å². The summed E-state index contributed by atoms with van der Waals surface area (Å²) in [4.78, 5) is 33.3. The summed E-state index contributed by atoms with van der Waals surface area (Å²) in [6.07, 6.45) is 4.24. The molecule has 2 aromatic heterocycles. The number of fused-ring (bicyclic) bond motifs is 1. The van der Waals surface area contributed by atoms with Gasteiger partial charge in [0, 0.05) is 12.7 Å². The van der Waals surface area contributed by atoms with E-state index in [0.717, 1.165) is 18.4 Å². The first-order valence-electron chi connectivity index (χ1n) is 14.1. The van der Waals surface area contributed by atoms with Gasteiger partial charge in [-0.05, 0) is 62.1 Å². The van der Waals surface area contributed by atoms with Gasteiger partial charge in [-0.3, -0.25) is 14.0 Å². The van der Waals surface area contributed by atoms with E-state index in [2.05, 4.69) is 11.9 Å². The van der Waals surface area contributed by atoms with E-state index in [9.17, 15) is 14.7 Å². The van der Waals surface area contributed by atoms with E-state index in [1.807, 2.05) is 73.7 Å². The molecule has 8 nitrogen and oxygen atoms in total. The van der Waals surface area contributed by atoms with Crippen molar-refractivity contribution in [1.29, 1.82) is 0 Å². The fourth-order valence-corrected chi connectivity index (χ4v) is 5.29. The molecule has 8 heteroatoms. The highest BCUT2D eigenvalue weighted by Gasteiger charge is 2.46. The number of likely N-dealkylation sites (tertiary alicyclic amines) is 1. The first kappa shape index (κ1) is 28.0. The number of hydrogen-bond acceptors (Lipinski definition) is 6. The highest BCUT2D eigenvalue weighted by molar-refractivity contribution is 6.46. The maximum absolute atomic E-state index is 13.7. The van der Waals surface area contributed by atoms with Crippen molar-refractivity contribution >= 4 is 23.1 Å². The number of pyridine rings is 1. The molecule has 1 N–H and O–H groups in total. The zero-order valence-corrected chi connectivity index (χ0v) is 23.7. The number of rotatable bonds is 11. The number of unbranched alkanes of at least 4 members (excludes halogenated alkanes) is 1. The lowest BCUT2D eigenvalue weighted by Gasteiger charge is -2.26. The molecule has 5 rings (SSSR count). The summed E-state index contributed by atoms with van der Waals surface area (Å²) in [5.74, 6) is -0.510. The molecule has 4 aromatic rings. The normalized spacial score (nSPS) is 16.5. The Bertz CT molecular complexity index is 1590. The molecule has 1 aliphatic heterocycles. The smallest absolute Gasteiger partial charge is 0.295 e. The minimum Gasteiger partial charge on any atom is -0.505 e. The number of aryl methyl sites for hydroxylation is 1. The number of aliphatic hydroxyl groups excluding tert-OH is 1. The maximum Gasteiger partial charge on any atom is 0.295 e. The fourth-order valence-electron chi connectivity index (χ4n) is 5.29. The summed E-state index contributed by atoms with van der Waals surface area (Å²) < 4.78 is 13.6. The minimum atomic E-state index is -0.823. The van der Waals surface area contributed by atoms with Crippen molar-refractivity contribution in [2.45, 2.75) is 46.1 Å². The summed E-state index contributed by atoms with van der Waals surface area (Å²) in [6, 6.07) is 19.9. The van der Waals surface area contributed by atoms with Crippen molar-refractivity contribution in [2.24, 2.45) is 0 Å². The highest BCUT2D eigenvalue weighted by Crippen LogP contribution is 2.42. The van der Waals surface area contributed by atoms with E-state index in [1.54, 1.807) is 22.4 Å². The van der Waals surface area contributed by atoms with Crippen LogP contribution < -0.4 is 9.47 Å². The number of Topliss-reactive ketones (excluding diaryl/α,β-unsaturated/α-hetero) is 1. The van der Waals surface area contributed by atoms with Crippen molar-refractivity contribution in [1.82, 2.24) is 14.3 Å². The summed E-state index contributed by atoms with van der Waals surface area (Å²) in [5.41, 5.74) is 3.29. The van der Waals surface area contributed by atoms with Crippen LogP contribution in [0.3, 0.4) is 0 Å². The van der Waals surface area contributed by atoms with Gasteiger partial charge in [-0.25, -0.2) is 4.98 Å². The van der Waals surface area contributed by atoms with Gasteiger partial charge in [0.15, 0.2) is 17.3 Å². The molecule has 0 radical (unpaired) electrons. The van der Waals surface area contributed by atoms with Crippen molar-refractivity contribution in [2.75, 3.05) is 19.8 Å². The number of imidazole rings is 1. The predicted octanol–water partition coefficient (Wildman–Crippen LogP) is 5.88. The Morgan fingerprint density at radius 3 is 2.51 bits per heavy atom. The zero-order valence-electron chi connectivity index (χ0n) is 23.7. The molecule has 1 saturated heterocycles. The van der Waals surface area contributed by atoms with Crippen LogP contribution in [0.2, 0.25) is 0 Å². The molecule has 41 heavy (non-hydrogen) atoms. The second-order valence-electron chi connectivity index (χ2n) is 10.0. The summed E-state index contributed by atoms with van der Waals surface area (Å²) in [7, 11) is 0. The van der Waals surface area contributed by atoms with Gasteiger partial charge in [0.1, 0.15) is 11.3 Å². The Kier molecular flexibility index (Phi) is 8.38. The number of carbonyl (C=O) groups excluding carboxylic acids is 2. The number of aromatic nitrogens is 2. The number of benzene rings is 2. The van der Waals surface area contributed by atoms with Gasteiger partial charge >= 0.3 is 0 Å². The number of ketones is 1. The Hall–Kier alpha value is -4.59. The van der Waals surface area contributed by atoms with E-state index < -0.39 is 17.7 Å². The van der Waals surface area contributed by atoms with Crippen LogP contribution in [0.25, 0.3) is 11.4 Å². The molecule has 0 spiro atoms. The van der Waals surface area contributed by atoms with Crippen LogP contribution in [-0.2, 0) is 16.0 Å². The van der Waals surface area contributed by atoms with Crippen LogP contribution >= 0.6 is 0 Å². The topological polar surface area (TPSA) is 93.4 Å². The maximum atomic E-state index is 13.7. The Labute approximate surface area is 239 Å². The quantitative estimate of drug-likeness (QED) is 0.108. The van der Waals surface area contributed by atoms with Gasteiger partial charge in [-0.2, -0.15) is 0 Å². The molecule has 0 bridgehead atoms. The van der Waals surface area contributed by atoms with Crippen molar-refractivity contribution in [3.63, 3.8) is 0 Å². The number of carbonyl (C=O) groups is 2. The monoisotopic (exact) mass is 553 g/mol. The minimum absolute atomic E-state index is 0.0268. The van der Waals surface area contributed by atoms with Gasteiger partial charge in [-0.1, -0.05) is 55.8 Å². The summed E-state index contributed by atoms with van der Waals surface area (Å²) in [6.45, 7) is 7.03. The van der Waals surface area contributed by atoms with Crippen LogP contribution in [0.4, 0.5) is 0 Å². The SMILES string of the molecule is CCCCOc1ccc(C2C(=C(O)c3c(C)nc4ccccn34)C(=O)C(=O)N2CCc2ccccc2)cc1OCC. The fraction of sp³-hybridized carbons (Fsp3) is 0.303. The molecule has 1 unspecified atom stereocenters. The average molecular weight is 554 g/mol. The van der Waals surface area contributed by atoms with E-state index in [0.29, 0.717) is 60.3 Å². The van der Waals surface area contributed by atoms with Crippen molar-refractivity contribution < 1.29 is 24.2 Å². The van der Waals surface area contributed by atoms with Gasteiger partial charge in [0.2, 0.25) is 0 Å². The number of hydrogen-bond donors (Lipinski definition) is 1.